The highest BCUT2D eigenvalue weighted by atomic mass is 31.2. The molecule has 0 bridgehead atoms. The van der Waals surface area contributed by atoms with Gasteiger partial charge in [-0.2, -0.15) is 0 Å². The fourth-order valence-corrected chi connectivity index (χ4v) is 2.83. The molecule has 9 heteroatoms. The summed E-state index contributed by atoms with van der Waals surface area (Å²) in [7, 11) is -8.60. The monoisotopic (exact) mass is 294 g/mol. The van der Waals surface area contributed by atoms with Gasteiger partial charge in [0.15, 0.2) is 0 Å². The van der Waals surface area contributed by atoms with Crippen molar-refractivity contribution in [2.75, 3.05) is 0 Å². The normalized spacial score (nSPS) is 12.4. The van der Waals surface area contributed by atoms with E-state index in [4.69, 9.17) is 19.6 Å². The van der Waals surface area contributed by atoms with Crippen molar-refractivity contribution in [3.63, 3.8) is 0 Å². The first-order valence-corrected chi connectivity index (χ1v) is 8.36. The van der Waals surface area contributed by atoms with E-state index in [1.807, 2.05) is 0 Å². The molecular weight excluding hydrogens is 282 g/mol. The number of aldehydes is 1. The second-order valence-electron chi connectivity index (χ2n) is 3.85. The SMILES string of the molecule is O=Cc1cc(CP(=O)(O)O)cc(CP(=O)(O)O)c1. The van der Waals surface area contributed by atoms with Crippen molar-refractivity contribution in [2.45, 2.75) is 12.3 Å². The fourth-order valence-electron chi connectivity index (χ4n) is 1.52. The van der Waals surface area contributed by atoms with Crippen molar-refractivity contribution in [1.82, 2.24) is 0 Å². The zero-order valence-corrected chi connectivity index (χ0v) is 10.9. The van der Waals surface area contributed by atoms with Crippen LogP contribution >= 0.6 is 15.2 Å². The van der Waals surface area contributed by atoms with Crippen molar-refractivity contribution < 1.29 is 33.5 Å². The Bertz CT molecular complexity index is 500. The number of hydrogen-bond acceptors (Lipinski definition) is 3. The molecule has 7 nitrogen and oxygen atoms in total. The second kappa shape index (κ2) is 5.45. The molecule has 0 radical (unpaired) electrons. The first-order valence-electron chi connectivity index (χ1n) is 4.76. The molecule has 1 rings (SSSR count). The van der Waals surface area contributed by atoms with E-state index in [-0.39, 0.29) is 16.7 Å². The van der Waals surface area contributed by atoms with Gasteiger partial charge in [0.05, 0.1) is 12.3 Å². The molecular formula is C9H12O7P2. The Kier molecular flexibility index (Phi) is 4.61. The minimum Gasteiger partial charge on any atom is -0.324 e. The van der Waals surface area contributed by atoms with Crippen LogP contribution in [0, 0.1) is 0 Å². The van der Waals surface area contributed by atoms with Gasteiger partial charge >= 0.3 is 15.2 Å². The molecule has 18 heavy (non-hydrogen) atoms. The molecule has 0 saturated heterocycles. The summed E-state index contributed by atoms with van der Waals surface area (Å²) in [6.45, 7) is 0. The van der Waals surface area contributed by atoms with E-state index in [9.17, 15) is 13.9 Å². The number of carbonyl (C=O) groups is 1. The fraction of sp³-hybridized carbons (Fsp3) is 0.222. The highest BCUT2D eigenvalue weighted by Crippen LogP contribution is 2.42. The summed E-state index contributed by atoms with van der Waals surface area (Å²) in [6.07, 6.45) is -0.710. The summed E-state index contributed by atoms with van der Waals surface area (Å²) >= 11 is 0. The lowest BCUT2D eigenvalue weighted by molar-refractivity contribution is 0.112. The molecule has 0 spiro atoms. The third kappa shape index (κ3) is 5.69. The third-order valence-electron chi connectivity index (χ3n) is 1.99. The first-order chi connectivity index (χ1) is 8.09. The Morgan fingerprint density at radius 2 is 1.28 bits per heavy atom. The van der Waals surface area contributed by atoms with Gasteiger partial charge in [0.2, 0.25) is 0 Å². The standard InChI is InChI=1S/C9H12O7P2/c10-4-7-1-8(5-17(11,12)13)3-9(2-7)6-18(14,15)16/h1-4H,5-6H2,(H2,11,12,13)(H2,14,15,16). The molecule has 0 atom stereocenters. The van der Waals surface area contributed by atoms with Crippen LogP contribution in [0.1, 0.15) is 21.5 Å². The molecule has 1 aromatic carbocycles. The minimum atomic E-state index is -4.30. The summed E-state index contributed by atoms with van der Waals surface area (Å²) in [5, 5.41) is 0. The lowest BCUT2D eigenvalue weighted by atomic mass is 10.1. The molecule has 0 aromatic heterocycles. The smallest absolute Gasteiger partial charge is 0.324 e. The zero-order chi connectivity index (χ0) is 14.0. The molecule has 0 amide bonds. The molecule has 0 fully saturated rings. The zero-order valence-electron chi connectivity index (χ0n) is 9.13. The van der Waals surface area contributed by atoms with E-state index < -0.39 is 27.5 Å². The largest absolute Gasteiger partial charge is 0.329 e. The lowest BCUT2D eigenvalue weighted by Crippen LogP contribution is -1.95. The van der Waals surface area contributed by atoms with Gasteiger partial charge in [-0.25, -0.2) is 0 Å². The average Bonchev–Trinajstić information content (AvgIpc) is 2.11. The molecule has 0 unspecified atom stereocenters. The van der Waals surface area contributed by atoms with Gasteiger partial charge < -0.3 is 19.6 Å². The topological polar surface area (TPSA) is 132 Å². The molecule has 0 heterocycles. The van der Waals surface area contributed by atoms with Crippen LogP contribution in [-0.4, -0.2) is 25.9 Å². The number of benzene rings is 1. The van der Waals surface area contributed by atoms with Crippen molar-refractivity contribution in [3.8, 4) is 0 Å². The summed E-state index contributed by atoms with van der Waals surface area (Å²) in [5.74, 6) is 0. The van der Waals surface area contributed by atoms with Gasteiger partial charge in [-0.1, -0.05) is 6.07 Å². The van der Waals surface area contributed by atoms with Gasteiger partial charge in [-0.3, -0.25) is 13.9 Å². The Morgan fingerprint density at radius 1 is 0.889 bits per heavy atom. The van der Waals surface area contributed by atoms with Gasteiger partial charge in [-0.05, 0) is 23.3 Å². The van der Waals surface area contributed by atoms with Crippen LogP contribution in [0.3, 0.4) is 0 Å². The lowest BCUT2D eigenvalue weighted by Gasteiger charge is -2.09. The van der Waals surface area contributed by atoms with Crippen LogP contribution in [-0.2, 0) is 21.5 Å². The maximum absolute atomic E-state index is 10.8. The van der Waals surface area contributed by atoms with Crippen molar-refractivity contribution >= 4 is 21.5 Å². The number of rotatable bonds is 5. The predicted molar refractivity (Wildman–Crippen MR) is 63.3 cm³/mol. The number of hydrogen-bond donors (Lipinski definition) is 4. The van der Waals surface area contributed by atoms with E-state index in [2.05, 4.69) is 0 Å². The maximum Gasteiger partial charge on any atom is 0.329 e. The van der Waals surface area contributed by atoms with E-state index in [1.54, 1.807) is 0 Å². The van der Waals surface area contributed by atoms with Gasteiger partial charge in [0, 0.05) is 5.56 Å². The quantitative estimate of drug-likeness (QED) is 0.467. The Morgan fingerprint density at radius 3 is 1.56 bits per heavy atom. The molecule has 4 N–H and O–H groups in total. The van der Waals surface area contributed by atoms with Crippen LogP contribution in [0.25, 0.3) is 0 Å². The molecule has 100 valence electrons. The summed E-state index contributed by atoms with van der Waals surface area (Å²) in [4.78, 5) is 46.0. The van der Waals surface area contributed by atoms with Gasteiger partial charge in [-0.15, -0.1) is 0 Å². The van der Waals surface area contributed by atoms with Crippen LogP contribution in [0.2, 0.25) is 0 Å². The molecule has 0 saturated carbocycles. The molecule has 1 aromatic rings. The van der Waals surface area contributed by atoms with Crippen LogP contribution in [0.15, 0.2) is 18.2 Å². The van der Waals surface area contributed by atoms with Crippen molar-refractivity contribution in [1.29, 1.82) is 0 Å². The summed E-state index contributed by atoms with van der Waals surface area (Å²) in [6, 6.07) is 3.82. The third-order valence-corrected chi connectivity index (χ3v) is 3.54. The highest BCUT2D eigenvalue weighted by molar-refractivity contribution is 7.51. The minimum absolute atomic E-state index is 0.115. The van der Waals surface area contributed by atoms with E-state index >= 15 is 0 Å². The predicted octanol–water partition coefficient (Wildman–Crippen LogP) is 0.854. The molecule has 0 aliphatic rings. The van der Waals surface area contributed by atoms with E-state index in [1.165, 1.54) is 18.2 Å². The van der Waals surface area contributed by atoms with Crippen LogP contribution in [0.4, 0.5) is 0 Å². The van der Waals surface area contributed by atoms with E-state index in [0.717, 1.165) is 0 Å². The molecule has 0 aliphatic carbocycles. The van der Waals surface area contributed by atoms with Crippen LogP contribution < -0.4 is 0 Å². The Labute approximate surface area is 103 Å². The average molecular weight is 294 g/mol. The Balaban J connectivity index is 3.13. The van der Waals surface area contributed by atoms with Crippen molar-refractivity contribution in [2.24, 2.45) is 0 Å². The highest BCUT2D eigenvalue weighted by Gasteiger charge is 2.18. The van der Waals surface area contributed by atoms with Gasteiger partial charge in [0.25, 0.3) is 0 Å². The summed E-state index contributed by atoms with van der Waals surface area (Å²) < 4.78 is 21.7. The van der Waals surface area contributed by atoms with Crippen LogP contribution in [0.5, 0.6) is 0 Å². The number of carbonyl (C=O) groups excluding carboxylic acids is 1. The van der Waals surface area contributed by atoms with Crippen molar-refractivity contribution in [3.05, 3.63) is 34.9 Å². The molecule has 0 aliphatic heterocycles. The summed E-state index contributed by atoms with van der Waals surface area (Å²) in [5.41, 5.74) is 0.442. The second-order valence-corrected chi connectivity index (χ2v) is 7.14. The Hall–Kier alpha value is -0.810. The maximum atomic E-state index is 10.8. The van der Waals surface area contributed by atoms with Gasteiger partial charge in [0.1, 0.15) is 6.29 Å². The first kappa shape index (κ1) is 15.2. The van der Waals surface area contributed by atoms with E-state index in [0.29, 0.717) is 6.29 Å².